The van der Waals surface area contributed by atoms with Crippen molar-refractivity contribution in [2.75, 3.05) is 19.7 Å². The summed E-state index contributed by atoms with van der Waals surface area (Å²) in [7, 11) is 0. The summed E-state index contributed by atoms with van der Waals surface area (Å²) in [4.78, 5) is 17.2. The molecule has 0 atom stereocenters. The highest BCUT2D eigenvalue weighted by atomic mass is 35.5. The van der Waals surface area contributed by atoms with Crippen LogP contribution in [0.2, 0.25) is 5.15 Å². The van der Waals surface area contributed by atoms with Crippen LogP contribution in [0.4, 0.5) is 4.79 Å². The zero-order valence-corrected chi connectivity index (χ0v) is 11.6. The van der Waals surface area contributed by atoms with Gasteiger partial charge in [-0.05, 0) is 25.8 Å². The highest BCUT2D eigenvalue weighted by Gasteiger charge is 2.36. The first kappa shape index (κ1) is 14.1. The number of carbonyl (C=O) groups is 1. The standard InChI is InChI=1S/C13H17ClN2O3/c1-2-19-12(17)16-7-5-13(18,6-8-16)10-3-4-11(14)15-9-10/h3-4,9,18H,2,5-8H2,1H3. The molecular weight excluding hydrogens is 268 g/mol. The van der Waals surface area contributed by atoms with Gasteiger partial charge in [-0.3, -0.25) is 0 Å². The van der Waals surface area contributed by atoms with Crippen molar-refractivity contribution < 1.29 is 14.6 Å². The van der Waals surface area contributed by atoms with Crippen LogP contribution in [0, 0.1) is 0 Å². The van der Waals surface area contributed by atoms with E-state index in [1.807, 2.05) is 0 Å². The van der Waals surface area contributed by atoms with Gasteiger partial charge in [0.1, 0.15) is 5.15 Å². The van der Waals surface area contributed by atoms with E-state index < -0.39 is 5.60 Å². The van der Waals surface area contributed by atoms with Gasteiger partial charge in [0.25, 0.3) is 0 Å². The second-order valence-corrected chi connectivity index (χ2v) is 4.97. The van der Waals surface area contributed by atoms with Crippen LogP contribution in [0.15, 0.2) is 18.3 Å². The molecule has 5 nitrogen and oxygen atoms in total. The Morgan fingerprint density at radius 3 is 2.74 bits per heavy atom. The van der Waals surface area contributed by atoms with Crippen LogP contribution in [-0.2, 0) is 10.3 Å². The van der Waals surface area contributed by atoms with E-state index in [-0.39, 0.29) is 6.09 Å². The largest absolute Gasteiger partial charge is 0.450 e. The molecule has 2 heterocycles. The molecule has 1 amide bonds. The number of rotatable bonds is 2. The van der Waals surface area contributed by atoms with Crippen LogP contribution in [0.3, 0.4) is 0 Å². The summed E-state index contributed by atoms with van der Waals surface area (Å²) >= 11 is 5.73. The highest BCUT2D eigenvalue weighted by molar-refractivity contribution is 6.29. The second-order valence-electron chi connectivity index (χ2n) is 4.59. The Morgan fingerprint density at radius 2 is 2.21 bits per heavy atom. The third kappa shape index (κ3) is 3.16. The van der Waals surface area contributed by atoms with E-state index in [4.69, 9.17) is 16.3 Å². The molecule has 0 spiro atoms. The van der Waals surface area contributed by atoms with Crippen LogP contribution in [0.1, 0.15) is 25.3 Å². The quantitative estimate of drug-likeness (QED) is 0.846. The Morgan fingerprint density at radius 1 is 1.53 bits per heavy atom. The summed E-state index contributed by atoms with van der Waals surface area (Å²) in [5.74, 6) is 0. The van der Waals surface area contributed by atoms with Crippen molar-refractivity contribution in [3.63, 3.8) is 0 Å². The number of pyridine rings is 1. The van der Waals surface area contributed by atoms with Gasteiger partial charge < -0.3 is 14.7 Å². The summed E-state index contributed by atoms with van der Waals surface area (Å²) in [5.41, 5.74) is -0.207. The van der Waals surface area contributed by atoms with Crippen molar-refractivity contribution in [1.29, 1.82) is 0 Å². The van der Waals surface area contributed by atoms with Crippen molar-refractivity contribution in [2.24, 2.45) is 0 Å². The number of halogens is 1. The zero-order valence-electron chi connectivity index (χ0n) is 10.8. The fourth-order valence-electron chi connectivity index (χ4n) is 2.21. The summed E-state index contributed by atoms with van der Waals surface area (Å²) in [5, 5.41) is 11.0. The van der Waals surface area contributed by atoms with Crippen LogP contribution >= 0.6 is 11.6 Å². The van der Waals surface area contributed by atoms with E-state index in [0.717, 1.165) is 5.56 Å². The molecule has 1 aromatic rings. The maximum absolute atomic E-state index is 11.6. The first-order chi connectivity index (χ1) is 9.05. The van der Waals surface area contributed by atoms with Gasteiger partial charge >= 0.3 is 6.09 Å². The number of aliphatic hydroxyl groups is 1. The van der Waals surface area contributed by atoms with Crippen molar-refractivity contribution in [3.05, 3.63) is 29.0 Å². The van der Waals surface area contributed by atoms with Gasteiger partial charge in [-0.1, -0.05) is 17.7 Å². The number of aromatic nitrogens is 1. The van der Waals surface area contributed by atoms with Gasteiger partial charge in [0.2, 0.25) is 0 Å². The van der Waals surface area contributed by atoms with Crippen LogP contribution in [0.5, 0.6) is 0 Å². The van der Waals surface area contributed by atoms with Crippen molar-refractivity contribution in [3.8, 4) is 0 Å². The monoisotopic (exact) mass is 284 g/mol. The predicted molar refractivity (Wildman–Crippen MR) is 71.0 cm³/mol. The molecule has 19 heavy (non-hydrogen) atoms. The maximum Gasteiger partial charge on any atom is 0.409 e. The Balaban J connectivity index is 2.01. The van der Waals surface area contributed by atoms with E-state index in [2.05, 4.69) is 4.98 Å². The molecule has 0 unspecified atom stereocenters. The molecule has 1 N–H and O–H groups in total. The second kappa shape index (κ2) is 5.75. The summed E-state index contributed by atoms with van der Waals surface area (Å²) < 4.78 is 4.95. The molecule has 1 aliphatic rings. The molecule has 1 aromatic heterocycles. The smallest absolute Gasteiger partial charge is 0.409 e. The number of amides is 1. The molecule has 0 bridgehead atoms. The van der Waals surface area contributed by atoms with E-state index >= 15 is 0 Å². The SMILES string of the molecule is CCOC(=O)N1CCC(O)(c2ccc(Cl)nc2)CC1. The molecule has 1 saturated heterocycles. The summed E-state index contributed by atoms with van der Waals surface area (Å²) in [6, 6.07) is 3.43. The molecule has 2 rings (SSSR count). The van der Waals surface area contributed by atoms with Gasteiger partial charge in [0.05, 0.1) is 12.2 Å². The summed E-state index contributed by atoms with van der Waals surface area (Å²) in [6.45, 7) is 3.08. The lowest BCUT2D eigenvalue weighted by Gasteiger charge is -2.37. The molecular formula is C13H17ClN2O3. The number of nitrogens with zero attached hydrogens (tertiary/aromatic N) is 2. The Bertz CT molecular complexity index is 442. The van der Waals surface area contributed by atoms with Gasteiger partial charge in [0, 0.05) is 24.8 Å². The number of likely N-dealkylation sites (tertiary alicyclic amines) is 1. The van der Waals surface area contributed by atoms with E-state index in [1.165, 1.54) is 0 Å². The first-order valence-corrected chi connectivity index (χ1v) is 6.69. The summed E-state index contributed by atoms with van der Waals surface area (Å²) in [6.07, 6.45) is 2.20. The number of piperidine rings is 1. The lowest BCUT2D eigenvalue weighted by Crippen LogP contribution is -2.45. The van der Waals surface area contributed by atoms with Crippen LogP contribution in [0.25, 0.3) is 0 Å². The number of ether oxygens (including phenoxy) is 1. The minimum absolute atomic E-state index is 0.321. The lowest BCUT2D eigenvalue weighted by atomic mass is 9.85. The van der Waals surface area contributed by atoms with Gasteiger partial charge in [-0.2, -0.15) is 0 Å². The van der Waals surface area contributed by atoms with Gasteiger partial charge in [-0.15, -0.1) is 0 Å². The number of hydrogen-bond donors (Lipinski definition) is 1. The van der Waals surface area contributed by atoms with Crippen LogP contribution in [-0.4, -0.2) is 40.8 Å². The van der Waals surface area contributed by atoms with Gasteiger partial charge in [0.15, 0.2) is 0 Å². The molecule has 6 heteroatoms. The molecule has 0 aliphatic carbocycles. The number of carbonyl (C=O) groups excluding carboxylic acids is 1. The minimum atomic E-state index is -0.944. The topological polar surface area (TPSA) is 62.7 Å². The van der Waals surface area contributed by atoms with Crippen molar-refractivity contribution in [1.82, 2.24) is 9.88 Å². The molecule has 0 saturated carbocycles. The molecule has 0 radical (unpaired) electrons. The fourth-order valence-corrected chi connectivity index (χ4v) is 2.33. The molecule has 1 fully saturated rings. The molecule has 104 valence electrons. The minimum Gasteiger partial charge on any atom is -0.450 e. The fraction of sp³-hybridized carbons (Fsp3) is 0.538. The molecule has 0 aromatic carbocycles. The Kier molecular flexibility index (Phi) is 4.27. The predicted octanol–water partition coefficient (Wildman–Crippen LogP) is 2.17. The van der Waals surface area contributed by atoms with Crippen molar-refractivity contribution >= 4 is 17.7 Å². The molecule has 1 aliphatic heterocycles. The average Bonchev–Trinajstić information content (AvgIpc) is 2.40. The van der Waals surface area contributed by atoms with E-state index in [1.54, 1.807) is 30.2 Å². The Labute approximate surface area is 117 Å². The average molecular weight is 285 g/mol. The third-order valence-electron chi connectivity index (χ3n) is 3.38. The highest BCUT2D eigenvalue weighted by Crippen LogP contribution is 2.32. The van der Waals surface area contributed by atoms with E-state index in [0.29, 0.717) is 37.7 Å². The van der Waals surface area contributed by atoms with Crippen LogP contribution < -0.4 is 0 Å². The normalized spacial score (nSPS) is 18.2. The van der Waals surface area contributed by atoms with Gasteiger partial charge in [-0.25, -0.2) is 9.78 Å². The zero-order chi connectivity index (χ0) is 13.9. The first-order valence-electron chi connectivity index (χ1n) is 6.31. The lowest BCUT2D eigenvalue weighted by molar-refractivity contribution is -0.0246. The Hall–Kier alpha value is -1.33. The van der Waals surface area contributed by atoms with E-state index in [9.17, 15) is 9.90 Å². The number of hydrogen-bond acceptors (Lipinski definition) is 4. The third-order valence-corrected chi connectivity index (χ3v) is 3.60. The maximum atomic E-state index is 11.6. The van der Waals surface area contributed by atoms with Crippen molar-refractivity contribution in [2.45, 2.75) is 25.4 Å².